The van der Waals surface area contributed by atoms with Crippen molar-refractivity contribution in [3.63, 3.8) is 0 Å². The van der Waals surface area contributed by atoms with Crippen LogP contribution in [0.15, 0.2) is 36.4 Å². The molecule has 1 saturated heterocycles. The molecule has 2 aliphatic rings. The van der Waals surface area contributed by atoms with E-state index in [2.05, 4.69) is 10.6 Å². The van der Waals surface area contributed by atoms with Crippen LogP contribution in [0.5, 0.6) is 0 Å². The van der Waals surface area contributed by atoms with Crippen molar-refractivity contribution in [2.75, 3.05) is 37.1 Å². The average molecular weight is 554 g/mol. The number of nitrogens with one attached hydrogen (secondary N) is 2. The van der Waals surface area contributed by atoms with E-state index in [4.69, 9.17) is 19.0 Å². The molecule has 0 unspecified atom stereocenters. The number of ether oxygens (including phenoxy) is 3. The molecule has 0 aromatic heterocycles. The van der Waals surface area contributed by atoms with E-state index in [1.165, 1.54) is 0 Å². The van der Waals surface area contributed by atoms with Crippen LogP contribution in [0.4, 0.5) is 16.2 Å². The lowest BCUT2D eigenvalue weighted by molar-refractivity contribution is -0.178. The van der Waals surface area contributed by atoms with Crippen LogP contribution in [-0.2, 0) is 38.2 Å². The summed E-state index contributed by atoms with van der Waals surface area (Å²) in [6, 6.07) is 10.3. The van der Waals surface area contributed by atoms with E-state index in [1.807, 2.05) is 13.8 Å². The van der Waals surface area contributed by atoms with Gasteiger partial charge in [-0.2, -0.15) is 0 Å². The van der Waals surface area contributed by atoms with Gasteiger partial charge in [0.05, 0.1) is 0 Å². The quantitative estimate of drug-likeness (QED) is 0.228. The molecule has 4 amide bonds. The second-order valence-corrected chi connectivity index (χ2v) is 9.23. The van der Waals surface area contributed by atoms with Gasteiger partial charge in [-0.1, -0.05) is 31.0 Å². The van der Waals surface area contributed by atoms with E-state index in [1.54, 1.807) is 36.4 Å². The van der Waals surface area contributed by atoms with Gasteiger partial charge in [0.1, 0.15) is 13.2 Å². The summed E-state index contributed by atoms with van der Waals surface area (Å²) in [7, 11) is 0. The molecule has 0 spiro atoms. The zero-order chi connectivity index (χ0) is 28.6. The molecule has 12 nitrogen and oxygen atoms in total. The van der Waals surface area contributed by atoms with E-state index in [9.17, 15) is 24.0 Å². The molecule has 1 aliphatic heterocycles. The average Bonchev–Trinajstić information content (AvgIpc) is 3.40. The molecule has 0 radical (unpaired) electrons. The van der Waals surface area contributed by atoms with Gasteiger partial charge < -0.3 is 24.8 Å². The van der Waals surface area contributed by atoms with Crippen molar-refractivity contribution in [1.29, 1.82) is 0 Å². The van der Waals surface area contributed by atoms with Gasteiger partial charge in [0, 0.05) is 48.6 Å². The molecular weight excluding hydrogens is 522 g/mol. The Kier molecular flexibility index (Phi) is 9.46. The number of nitrogens with zero attached hydrogens (tertiary/aromatic N) is 1. The second-order valence-electron chi connectivity index (χ2n) is 9.23. The third kappa shape index (κ3) is 6.82. The summed E-state index contributed by atoms with van der Waals surface area (Å²) in [6.07, 6.45) is -0.831. The number of hydrogen-bond donors (Lipinski definition) is 2. The van der Waals surface area contributed by atoms with Gasteiger partial charge >= 0.3 is 6.16 Å². The van der Waals surface area contributed by atoms with Gasteiger partial charge in [0.25, 0.3) is 11.8 Å². The Morgan fingerprint density at radius 1 is 0.800 bits per heavy atom. The van der Waals surface area contributed by atoms with E-state index >= 15 is 0 Å². The van der Waals surface area contributed by atoms with Crippen molar-refractivity contribution in [2.45, 2.75) is 45.6 Å². The smallest absolute Gasteiger partial charge is 0.420 e. The van der Waals surface area contributed by atoms with E-state index < -0.39 is 24.1 Å². The Morgan fingerprint density at radius 2 is 1.27 bits per heavy atom. The number of hydroxylamine groups is 2. The van der Waals surface area contributed by atoms with Gasteiger partial charge in [-0.25, -0.2) is 4.79 Å². The highest BCUT2D eigenvalue weighted by molar-refractivity contribution is 6.01. The van der Waals surface area contributed by atoms with Crippen LogP contribution in [0, 0.1) is 0 Å². The number of benzene rings is 2. The molecule has 2 aromatic rings. The monoisotopic (exact) mass is 553 g/mol. The van der Waals surface area contributed by atoms with Gasteiger partial charge in [0.15, 0.2) is 6.10 Å². The minimum absolute atomic E-state index is 0.0583. The Hall–Kier alpha value is -4.29. The zero-order valence-electron chi connectivity index (χ0n) is 22.3. The lowest BCUT2D eigenvalue weighted by Gasteiger charge is -2.18. The highest BCUT2D eigenvalue weighted by Gasteiger charge is 2.37. The molecule has 1 fully saturated rings. The minimum atomic E-state index is -1.25. The maximum atomic E-state index is 12.7. The predicted molar refractivity (Wildman–Crippen MR) is 142 cm³/mol. The second kappa shape index (κ2) is 13.2. The number of fused-ring (bicyclic) bond motifs is 3. The number of anilines is 2. The first-order valence-electron chi connectivity index (χ1n) is 13.1. The number of imide groups is 1. The highest BCUT2D eigenvalue weighted by Crippen LogP contribution is 2.47. The predicted octanol–water partition coefficient (Wildman–Crippen LogP) is 3.70. The summed E-state index contributed by atoms with van der Waals surface area (Å²) in [5, 5.41) is 5.92. The molecule has 0 saturated carbocycles. The molecule has 1 heterocycles. The van der Waals surface area contributed by atoms with E-state index in [0.717, 1.165) is 24.0 Å². The highest BCUT2D eigenvalue weighted by atomic mass is 16.8. The molecule has 212 valence electrons. The van der Waals surface area contributed by atoms with Crippen molar-refractivity contribution < 1.29 is 43.0 Å². The van der Waals surface area contributed by atoms with Crippen LogP contribution in [-0.4, -0.2) is 61.3 Å². The molecule has 0 bridgehead atoms. The topological polar surface area (TPSA) is 150 Å². The van der Waals surface area contributed by atoms with E-state index in [-0.39, 0.29) is 37.9 Å². The van der Waals surface area contributed by atoms with Crippen molar-refractivity contribution in [3.05, 3.63) is 47.5 Å². The van der Waals surface area contributed by atoms with Crippen LogP contribution in [0.25, 0.3) is 11.1 Å². The number of rotatable bonds is 12. The third-order valence-corrected chi connectivity index (χ3v) is 6.07. The van der Waals surface area contributed by atoms with Gasteiger partial charge in [-0.15, -0.1) is 0 Å². The van der Waals surface area contributed by atoms with Gasteiger partial charge in [-0.05, 0) is 48.2 Å². The van der Waals surface area contributed by atoms with Crippen LogP contribution in [0.3, 0.4) is 0 Å². The summed E-state index contributed by atoms with van der Waals surface area (Å²) in [6.45, 7) is 4.56. The fourth-order valence-electron chi connectivity index (χ4n) is 4.36. The molecule has 40 heavy (non-hydrogen) atoms. The number of hydrogen-bond acceptors (Lipinski definition) is 9. The normalized spacial score (nSPS) is 14.1. The summed E-state index contributed by atoms with van der Waals surface area (Å²) < 4.78 is 16.2. The van der Waals surface area contributed by atoms with Crippen LogP contribution < -0.4 is 10.6 Å². The molecule has 2 aromatic carbocycles. The number of carbonyl (C=O) groups is 5. The summed E-state index contributed by atoms with van der Waals surface area (Å²) in [5.74, 6) is -1.97. The van der Waals surface area contributed by atoms with Crippen LogP contribution in [0.2, 0.25) is 0 Å². The summed E-state index contributed by atoms with van der Waals surface area (Å²) >= 11 is 0. The fourth-order valence-corrected chi connectivity index (χ4v) is 4.36. The van der Waals surface area contributed by atoms with Crippen LogP contribution in [0.1, 0.15) is 56.8 Å². The molecule has 4 rings (SSSR count). The number of carbonyl (C=O) groups excluding carboxylic acids is 5. The molecule has 2 N–H and O–H groups in total. The van der Waals surface area contributed by atoms with Crippen LogP contribution >= 0.6 is 0 Å². The maximum Gasteiger partial charge on any atom is 0.534 e. The van der Waals surface area contributed by atoms with Crippen molar-refractivity contribution in [1.82, 2.24) is 5.06 Å². The Bertz CT molecular complexity index is 1220. The lowest BCUT2D eigenvalue weighted by atomic mass is 10.0. The lowest BCUT2D eigenvalue weighted by Crippen LogP contribution is -2.32. The third-order valence-electron chi connectivity index (χ3n) is 6.07. The first-order valence-corrected chi connectivity index (χ1v) is 13.1. The fraction of sp³-hybridized carbons (Fsp3) is 0.393. The Morgan fingerprint density at radius 3 is 1.73 bits per heavy atom. The maximum absolute atomic E-state index is 12.7. The molecule has 1 aliphatic carbocycles. The SMILES string of the molecule is CCCOCC(=O)Nc1ccc2c(c1)C(OC(=O)ON1C(=O)CCC1=O)c1cc(NC(=O)COCCC)ccc1-2. The summed E-state index contributed by atoms with van der Waals surface area (Å²) in [4.78, 5) is 66.1. The zero-order valence-corrected chi connectivity index (χ0v) is 22.3. The number of amides is 4. The van der Waals surface area contributed by atoms with Crippen molar-refractivity contribution in [2.24, 2.45) is 0 Å². The Labute approximate surface area is 230 Å². The van der Waals surface area contributed by atoms with E-state index in [0.29, 0.717) is 40.8 Å². The first-order chi connectivity index (χ1) is 19.3. The largest absolute Gasteiger partial charge is 0.534 e. The minimum Gasteiger partial charge on any atom is -0.420 e. The molecular formula is C28H31N3O9. The van der Waals surface area contributed by atoms with Gasteiger partial charge in [-0.3, -0.25) is 24.0 Å². The first kappa shape index (κ1) is 28.7. The van der Waals surface area contributed by atoms with Crippen molar-refractivity contribution in [3.8, 4) is 11.1 Å². The molecule has 12 heteroatoms. The van der Waals surface area contributed by atoms with Gasteiger partial charge in [0.2, 0.25) is 11.8 Å². The van der Waals surface area contributed by atoms with Crippen molar-refractivity contribution >= 4 is 41.2 Å². The molecule has 0 atom stereocenters. The Balaban J connectivity index is 1.58. The summed E-state index contributed by atoms with van der Waals surface area (Å²) in [5.41, 5.74) is 3.42. The standard InChI is InChI=1S/C28H31N3O9/c1-3-11-37-15-23(32)29-17-5-7-19-20-8-6-18(30-24(33)16-38-12-4-2)14-22(20)27(21(19)13-17)39-28(36)40-31-25(34)9-10-26(31)35/h5-8,13-14,27H,3-4,9-12,15-16H2,1-2H3,(H,29,32)(H,30,33).